The van der Waals surface area contributed by atoms with Crippen LogP contribution in [0, 0.1) is 0 Å². The molecule has 1 aliphatic heterocycles. The second-order valence-electron chi connectivity index (χ2n) is 8.03. The van der Waals surface area contributed by atoms with Gasteiger partial charge in [-0.3, -0.25) is 9.69 Å². The fourth-order valence-corrected chi connectivity index (χ4v) is 4.68. The second kappa shape index (κ2) is 9.49. The molecule has 34 heavy (non-hydrogen) atoms. The first-order valence-electron chi connectivity index (χ1n) is 10.9. The molecule has 1 saturated heterocycles. The second-order valence-corrected chi connectivity index (χ2v) is 9.03. The van der Waals surface area contributed by atoms with E-state index < -0.39 is 0 Å². The standard InChI is InChI=1S/C27H24N4O2S/c1-29(2)21-12-14-22(15-13-21)30-16-6-10-23(30)18-25-26(32)31(19-24-11-7-17-33-24)27(34-25)28-20-8-4-3-5-9-20/h3-18H,19H2,1-2H3/b25-18-,28-27?. The molecule has 7 heteroatoms. The van der Waals surface area contributed by atoms with Crippen LogP contribution < -0.4 is 4.90 Å². The highest BCUT2D eigenvalue weighted by Crippen LogP contribution is 2.35. The van der Waals surface area contributed by atoms with Gasteiger partial charge in [0, 0.05) is 37.4 Å². The molecule has 0 spiro atoms. The number of carbonyl (C=O) groups excluding carboxylic acids is 1. The SMILES string of the molecule is CN(C)c1ccc(-n2cccc2/C=C2\SC(=Nc3ccccc3)N(Cc3ccco3)C2=O)cc1. The molecule has 1 fully saturated rings. The van der Waals surface area contributed by atoms with Crippen molar-refractivity contribution >= 4 is 40.3 Å². The Balaban J connectivity index is 1.48. The molecular formula is C27H24N4O2S. The molecule has 1 amide bonds. The van der Waals surface area contributed by atoms with Crippen molar-refractivity contribution in [3.05, 3.63) is 108 Å². The number of furan rings is 1. The molecule has 0 unspecified atom stereocenters. The molecule has 0 atom stereocenters. The minimum atomic E-state index is -0.0909. The van der Waals surface area contributed by atoms with E-state index in [1.54, 1.807) is 11.2 Å². The number of aromatic nitrogens is 1. The predicted molar refractivity (Wildman–Crippen MR) is 138 cm³/mol. The van der Waals surface area contributed by atoms with Crippen molar-refractivity contribution in [3.8, 4) is 5.69 Å². The topological polar surface area (TPSA) is 54.0 Å². The zero-order valence-electron chi connectivity index (χ0n) is 19.0. The highest BCUT2D eigenvalue weighted by atomic mass is 32.2. The first-order chi connectivity index (χ1) is 16.6. The van der Waals surface area contributed by atoms with Gasteiger partial charge in [0.15, 0.2) is 5.17 Å². The maximum atomic E-state index is 13.4. The van der Waals surface area contributed by atoms with Crippen molar-refractivity contribution in [1.29, 1.82) is 0 Å². The summed E-state index contributed by atoms with van der Waals surface area (Å²) < 4.78 is 7.57. The maximum Gasteiger partial charge on any atom is 0.267 e. The first kappa shape index (κ1) is 21.9. The van der Waals surface area contributed by atoms with Crippen LogP contribution in [0.15, 0.2) is 106 Å². The fraction of sp³-hybridized carbons (Fsp3) is 0.111. The van der Waals surface area contributed by atoms with E-state index in [4.69, 9.17) is 9.41 Å². The lowest BCUT2D eigenvalue weighted by atomic mass is 10.2. The summed E-state index contributed by atoms with van der Waals surface area (Å²) in [5.74, 6) is 0.618. The number of hydrogen-bond acceptors (Lipinski definition) is 5. The summed E-state index contributed by atoms with van der Waals surface area (Å²) in [6, 6.07) is 25.6. The predicted octanol–water partition coefficient (Wildman–Crippen LogP) is 5.94. The lowest BCUT2D eigenvalue weighted by Gasteiger charge is -2.14. The van der Waals surface area contributed by atoms with Gasteiger partial charge in [0.25, 0.3) is 5.91 Å². The molecule has 6 nitrogen and oxygen atoms in total. The van der Waals surface area contributed by atoms with Crippen LogP contribution >= 0.6 is 11.8 Å². The zero-order chi connectivity index (χ0) is 23.5. The molecule has 2 aromatic carbocycles. The number of rotatable bonds is 6. The molecular weight excluding hydrogens is 444 g/mol. The monoisotopic (exact) mass is 468 g/mol. The van der Waals surface area contributed by atoms with E-state index in [0.717, 1.165) is 22.8 Å². The van der Waals surface area contributed by atoms with E-state index in [1.807, 2.05) is 81.0 Å². The van der Waals surface area contributed by atoms with Crippen LogP contribution in [-0.4, -0.2) is 34.6 Å². The molecule has 0 bridgehead atoms. The van der Waals surface area contributed by atoms with Crippen LogP contribution in [0.4, 0.5) is 11.4 Å². The number of carbonyl (C=O) groups is 1. The molecule has 3 heterocycles. The molecule has 0 N–H and O–H groups in total. The summed E-state index contributed by atoms with van der Waals surface area (Å²) in [4.78, 5) is 22.5. The fourth-order valence-electron chi connectivity index (χ4n) is 3.69. The first-order valence-corrected chi connectivity index (χ1v) is 11.7. The summed E-state index contributed by atoms with van der Waals surface area (Å²) in [7, 11) is 4.04. The minimum Gasteiger partial charge on any atom is -0.467 e. The van der Waals surface area contributed by atoms with Crippen molar-refractivity contribution in [2.45, 2.75) is 6.54 Å². The van der Waals surface area contributed by atoms with Crippen molar-refractivity contribution in [3.63, 3.8) is 0 Å². The number of anilines is 1. The quantitative estimate of drug-likeness (QED) is 0.329. The third-order valence-electron chi connectivity index (χ3n) is 5.47. The Hall–Kier alpha value is -3.97. The molecule has 0 aliphatic carbocycles. The molecule has 0 saturated carbocycles. The molecule has 0 radical (unpaired) electrons. The summed E-state index contributed by atoms with van der Waals surface area (Å²) in [5.41, 5.74) is 3.89. The zero-order valence-corrected chi connectivity index (χ0v) is 19.8. The Morgan fingerprint density at radius 1 is 0.971 bits per heavy atom. The Morgan fingerprint density at radius 2 is 1.76 bits per heavy atom. The van der Waals surface area contributed by atoms with E-state index in [-0.39, 0.29) is 5.91 Å². The van der Waals surface area contributed by atoms with Gasteiger partial charge in [-0.2, -0.15) is 0 Å². The Labute approximate surface area is 202 Å². The number of thioether (sulfide) groups is 1. The summed E-state index contributed by atoms with van der Waals surface area (Å²) >= 11 is 1.38. The third kappa shape index (κ3) is 4.56. The summed E-state index contributed by atoms with van der Waals surface area (Å²) in [6.45, 7) is 0.328. The number of benzene rings is 2. The minimum absolute atomic E-state index is 0.0909. The highest BCUT2D eigenvalue weighted by Gasteiger charge is 2.34. The lowest BCUT2D eigenvalue weighted by Crippen LogP contribution is -2.28. The van der Waals surface area contributed by atoms with E-state index >= 15 is 0 Å². The van der Waals surface area contributed by atoms with Gasteiger partial charge in [-0.05, 0) is 78.5 Å². The van der Waals surface area contributed by atoms with E-state index in [2.05, 4.69) is 33.7 Å². The van der Waals surface area contributed by atoms with Gasteiger partial charge in [-0.1, -0.05) is 18.2 Å². The largest absolute Gasteiger partial charge is 0.467 e. The van der Waals surface area contributed by atoms with E-state index in [0.29, 0.717) is 22.4 Å². The van der Waals surface area contributed by atoms with Crippen LogP contribution in [0.25, 0.3) is 11.8 Å². The lowest BCUT2D eigenvalue weighted by molar-refractivity contribution is -0.122. The number of amides is 1. The van der Waals surface area contributed by atoms with Gasteiger partial charge in [0.05, 0.1) is 23.4 Å². The van der Waals surface area contributed by atoms with Gasteiger partial charge >= 0.3 is 0 Å². The summed E-state index contributed by atoms with van der Waals surface area (Å²) in [6.07, 6.45) is 5.54. The summed E-state index contributed by atoms with van der Waals surface area (Å²) in [5, 5.41) is 0.632. The van der Waals surface area contributed by atoms with E-state index in [9.17, 15) is 4.79 Å². The Kier molecular flexibility index (Phi) is 6.10. The third-order valence-corrected chi connectivity index (χ3v) is 6.47. The van der Waals surface area contributed by atoms with Crippen LogP contribution in [0.1, 0.15) is 11.5 Å². The van der Waals surface area contributed by atoms with Gasteiger partial charge in [0.2, 0.25) is 0 Å². The maximum absolute atomic E-state index is 13.4. The van der Waals surface area contributed by atoms with Crippen LogP contribution in [-0.2, 0) is 11.3 Å². The van der Waals surface area contributed by atoms with Gasteiger partial charge in [0.1, 0.15) is 5.76 Å². The van der Waals surface area contributed by atoms with Crippen molar-refractivity contribution < 1.29 is 9.21 Å². The van der Waals surface area contributed by atoms with Crippen molar-refractivity contribution in [2.24, 2.45) is 4.99 Å². The molecule has 5 rings (SSSR count). The Morgan fingerprint density at radius 3 is 2.47 bits per heavy atom. The average molecular weight is 469 g/mol. The number of amidine groups is 1. The highest BCUT2D eigenvalue weighted by molar-refractivity contribution is 8.18. The molecule has 170 valence electrons. The Bertz CT molecular complexity index is 1340. The normalized spacial score (nSPS) is 16.1. The number of hydrogen-bond donors (Lipinski definition) is 0. The van der Waals surface area contributed by atoms with Crippen molar-refractivity contribution in [2.75, 3.05) is 19.0 Å². The molecule has 1 aliphatic rings. The average Bonchev–Trinajstić information content (AvgIpc) is 3.59. The van der Waals surface area contributed by atoms with E-state index in [1.165, 1.54) is 11.8 Å². The number of para-hydroxylation sites is 1. The van der Waals surface area contributed by atoms with Gasteiger partial charge < -0.3 is 13.9 Å². The van der Waals surface area contributed by atoms with Crippen molar-refractivity contribution in [1.82, 2.24) is 9.47 Å². The van der Waals surface area contributed by atoms with Gasteiger partial charge in [-0.25, -0.2) is 4.99 Å². The van der Waals surface area contributed by atoms with Gasteiger partial charge in [-0.15, -0.1) is 0 Å². The smallest absolute Gasteiger partial charge is 0.267 e. The van der Waals surface area contributed by atoms with Crippen LogP contribution in [0.3, 0.4) is 0 Å². The van der Waals surface area contributed by atoms with Crippen LogP contribution in [0.5, 0.6) is 0 Å². The number of aliphatic imine (C=N–C) groups is 1. The number of nitrogens with zero attached hydrogens (tertiary/aromatic N) is 4. The molecule has 4 aromatic rings. The van der Waals surface area contributed by atoms with Crippen LogP contribution in [0.2, 0.25) is 0 Å². The molecule has 2 aromatic heterocycles.